The molecular formula is C13H10IN. The summed E-state index contributed by atoms with van der Waals surface area (Å²) in [5, 5.41) is 2.72. The molecular weight excluding hydrogens is 297 g/mol. The number of para-hydroxylation sites is 1. The molecule has 0 fully saturated rings. The third-order valence-electron chi connectivity index (χ3n) is 2.89. The molecule has 0 N–H and O–H groups in total. The molecule has 0 bridgehead atoms. The van der Waals surface area contributed by atoms with E-state index in [0.717, 1.165) is 0 Å². The smallest absolute Gasteiger partial charge is 0.0499 e. The Kier molecular flexibility index (Phi) is 1.99. The summed E-state index contributed by atoms with van der Waals surface area (Å²) < 4.78 is 3.58. The molecule has 1 aromatic heterocycles. The van der Waals surface area contributed by atoms with Crippen molar-refractivity contribution in [2.75, 3.05) is 0 Å². The van der Waals surface area contributed by atoms with Crippen LogP contribution in [-0.4, -0.2) is 4.57 Å². The molecule has 0 spiro atoms. The lowest BCUT2D eigenvalue weighted by atomic mass is 10.2. The van der Waals surface area contributed by atoms with E-state index in [0.29, 0.717) is 0 Å². The van der Waals surface area contributed by atoms with Crippen LogP contribution >= 0.6 is 22.6 Å². The van der Waals surface area contributed by atoms with Crippen LogP contribution in [0.1, 0.15) is 0 Å². The van der Waals surface area contributed by atoms with Crippen molar-refractivity contribution in [2.45, 2.75) is 0 Å². The molecule has 2 heteroatoms. The van der Waals surface area contributed by atoms with Gasteiger partial charge in [0.1, 0.15) is 0 Å². The molecule has 0 amide bonds. The van der Waals surface area contributed by atoms with Gasteiger partial charge in [-0.25, -0.2) is 0 Å². The second-order valence-electron chi connectivity index (χ2n) is 3.71. The largest absolute Gasteiger partial charge is 0.344 e. The number of aromatic nitrogens is 1. The summed E-state index contributed by atoms with van der Waals surface area (Å²) in [5.41, 5.74) is 2.61. The molecule has 0 aliphatic heterocycles. The van der Waals surface area contributed by atoms with Crippen LogP contribution in [0.4, 0.5) is 0 Å². The number of hydrogen-bond donors (Lipinski definition) is 0. The number of benzene rings is 2. The average Bonchev–Trinajstić information content (AvgIpc) is 2.55. The molecule has 0 unspecified atom stereocenters. The second kappa shape index (κ2) is 3.23. The predicted molar refractivity (Wildman–Crippen MR) is 73.1 cm³/mol. The number of halogens is 1. The quantitative estimate of drug-likeness (QED) is 0.555. The maximum absolute atomic E-state index is 2.41. The molecule has 74 valence electrons. The van der Waals surface area contributed by atoms with Crippen LogP contribution < -0.4 is 0 Å². The van der Waals surface area contributed by atoms with Gasteiger partial charge >= 0.3 is 0 Å². The summed E-state index contributed by atoms with van der Waals surface area (Å²) in [7, 11) is 2.13. The van der Waals surface area contributed by atoms with E-state index in [2.05, 4.69) is 76.7 Å². The van der Waals surface area contributed by atoms with E-state index in [9.17, 15) is 0 Å². The van der Waals surface area contributed by atoms with Gasteiger partial charge < -0.3 is 4.57 Å². The summed E-state index contributed by atoms with van der Waals surface area (Å²) in [5.74, 6) is 0. The molecule has 0 atom stereocenters. The van der Waals surface area contributed by atoms with Crippen molar-refractivity contribution in [3.8, 4) is 0 Å². The van der Waals surface area contributed by atoms with Gasteiger partial charge in [0.15, 0.2) is 0 Å². The van der Waals surface area contributed by atoms with Gasteiger partial charge in [-0.3, -0.25) is 0 Å². The summed E-state index contributed by atoms with van der Waals surface area (Å²) in [4.78, 5) is 0. The number of rotatable bonds is 0. The zero-order chi connectivity index (χ0) is 10.4. The van der Waals surface area contributed by atoms with Crippen molar-refractivity contribution in [2.24, 2.45) is 7.05 Å². The number of aryl methyl sites for hydroxylation is 1. The lowest BCUT2D eigenvalue weighted by Crippen LogP contribution is -1.85. The summed E-state index contributed by atoms with van der Waals surface area (Å²) in [6.07, 6.45) is 0. The first kappa shape index (κ1) is 9.21. The zero-order valence-electron chi connectivity index (χ0n) is 8.37. The van der Waals surface area contributed by atoms with Crippen LogP contribution in [0.3, 0.4) is 0 Å². The van der Waals surface area contributed by atoms with Crippen LogP contribution in [0.2, 0.25) is 0 Å². The van der Waals surface area contributed by atoms with Crippen LogP contribution in [0.25, 0.3) is 21.8 Å². The highest BCUT2D eigenvalue weighted by Gasteiger charge is 2.08. The third-order valence-corrected chi connectivity index (χ3v) is 3.79. The molecule has 0 saturated heterocycles. The minimum Gasteiger partial charge on any atom is -0.344 e. The van der Waals surface area contributed by atoms with Gasteiger partial charge in [-0.15, -0.1) is 0 Å². The molecule has 3 aromatic rings. The van der Waals surface area contributed by atoms with Gasteiger partial charge in [0, 0.05) is 32.4 Å². The van der Waals surface area contributed by atoms with Crippen LogP contribution in [0, 0.1) is 3.57 Å². The molecule has 3 rings (SSSR count). The Morgan fingerprint density at radius 1 is 0.933 bits per heavy atom. The number of fused-ring (bicyclic) bond motifs is 3. The van der Waals surface area contributed by atoms with Crippen molar-refractivity contribution >= 4 is 44.4 Å². The highest BCUT2D eigenvalue weighted by Crippen LogP contribution is 2.30. The van der Waals surface area contributed by atoms with Crippen LogP contribution in [0.15, 0.2) is 42.5 Å². The predicted octanol–water partition coefficient (Wildman–Crippen LogP) is 3.94. The first-order valence-corrected chi connectivity index (χ1v) is 5.98. The summed E-state index contributed by atoms with van der Waals surface area (Å²) in [6, 6.07) is 15.0. The fourth-order valence-corrected chi connectivity index (χ4v) is 2.94. The minimum absolute atomic E-state index is 1.30. The van der Waals surface area contributed by atoms with Gasteiger partial charge in [0.25, 0.3) is 0 Å². The highest BCUT2D eigenvalue weighted by atomic mass is 127. The Morgan fingerprint density at radius 2 is 1.67 bits per heavy atom. The van der Waals surface area contributed by atoms with Gasteiger partial charge in [-0.2, -0.15) is 0 Å². The Balaban J connectivity index is 2.70. The van der Waals surface area contributed by atoms with Gasteiger partial charge in [0.2, 0.25) is 0 Å². The fourth-order valence-electron chi connectivity index (χ4n) is 2.17. The molecule has 15 heavy (non-hydrogen) atoms. The molecule has 1 nitrogen and oxygen atoms in total. The Bertz CT molecular complexity index is 652. The average molecular weight is 307 g/mol. The first-order valence-electron chi connectivity index (χ1n) is 4.90. The van der Waals surface area contributed by atoms with Crippen molar-refractivity contribution in [3.63, 3.8) is 0 Å². The lowest BCUT2D eigenvalue weighted by Gasteiger charge is -1.97. The lowest BCUT2D eigenvalue weighted by molar-refractivity contribution is 1.01. The van der Waals surface area contributed by atoms with Crippen molar-refractivity contribution in [1.82, 2.24) is 4.57 Å². The molecule has 0 radical (unpaired) electrons. The number of hydrogen-bond acceptors (Lipinski definition) is 0. The normalized spacial score (nSPS) is 11.3. The van der Waals surface area contributed by atoms with Crippen molar-refractivity contribution < 1.29 is 0 Å². The Hall–Kier alpha value is -1.03. The zero-order valence-corrected chi connectivity index (χ0v) is 10.5. The van der Waals surface area contributed by atoms with E-state index in [4.69, 9.17) is 0 Å². The molecule has 0 aliphatic carbocycles. The maximum Gasteiger partial charge on any atom is 0.0499 e. The van der Waals surface area contributed by atoms with Gasteiger partial charge in [0.05, 0.1) is 0 Å². The Labute approximate surface area is 102 Å². The third kappa shape index (κ3) is 1.21. The maximum atomic E-state index is 2.41. The minimum atomic E-state index is 1.30. The highest BCUT2D eigenvalue weighted by molar-refractivity contribution is 14.1. The molecule has 0 aliphatic rings. The Morgan fingerprint density at radius 3 is 2.53 bits per heavy atom. The molecule has 0 saturated carbocycles. The fraction of sp³-hybridized carbons (Fsp3) is 0.0769. The summed E-state index contributed by atoms with van der Waals surface area (Å²) >= 11 is 2.41. The molecule has 2 aromatic carbocycles. The van der Waals surface area contributed by atoms with Gasteiger partial charge in [-0.1, -0.05) is 24.3 Å². The van der Waals surface area contributed by atoms with E-state index < -0.39 is 0 Å². The van der Waals surface area contributed by atoms with Crippen molar-refractivity contribution in [1.29, 1.82) is 0 Å². The van der Waals surface area contributed by atoms with Crippen molar-refractivity contribution in [3.05, 3.63) is 46.0 Å². The van der Waals surface area contributed by atoms with E-state index in [1.807, 2.05) is 0 Å². The second-order valence-corrected chi connectivity index (χ2v) is 4.87. The monoisotopic (exact) mass is 307 g/mol. The van der Waals surface area contributed by atoms with E-state index in [-0.39, 0.29) is 0 Å². The summed E-state index contributed by atoms with van der Waals surface area (Å²) in [6.45, 7) is 0. The standard InChI is InChI=1S/C13H10IN/c1-15-11-7-3-2-5-9(11)13-10(14)6-4-8-12(13)15/h2-8H,1H3. The van der Waals surface area contributed by atoms with E-state index in [1.165, 1.54) is 25.4 Å². The van der Waals surface area contributed by atoms with Crippen LogP contribution in [0.5, 0.6) is 0 Å². The number of nitrogens with zero attached hydrogens (tertiary/aromatic N) is 1. The topological polar surface area (TPSA) is 4.93 Å². The van der Waals surface area contributed by atoms with Gasteiger partial charge in [-0.05, 0) is 40.8 Å². The van der Waals surface area contributed by atoms with Crippen LogP contribution in [-0.2, 0) is 7.05 Å². The van der Waals surface area contributed by atoms with E-state index >= 15 is 0 Å². The first-order chi connectivity index (χ1) is 7.29. The SMILES string of the molecule is Cn1c2ccccc2c2c(I)cccc21. The van der Waals surface area contributed by atoms with E-state index in [1.54, 1.807) is 0 Å². The molecule has 1 heterocycles.